The minimum Gasteiger partial charge on any atom is -0.350 e. The van der Waals surface area contributed by atoms with Gasteiger partial charge in [0.1, 0.15) is 11.9 Å². The molecule has 0 saturated carbocycles. The highest BCUT2D eigenvalue weighted by molar-refractivity contribution is 7.92. The molecule has 1 atom stereocenters. The summed E-state index contributed by atoms with van der Waals surface area (Å²) in [5.41, 5.74) is 2.28. The number of carbonyl (C=O) groups excluding carboxylic acids is 1. The average Bonchev–Trinajstić information content (AvgIpc) is 2.73. The van der Waals surface area contributed by atoms with Crippen molar-refractivity contribution in [2.75, 3.05) is 23.7 Å². The Morgan fingerprint density at radius 1 is 1.10 bits per heavy atom. The number of nitrogens with one attached hydrogen (secondary N) is 1. The molecule has 31 heavy (non-hydrogen) atoms. The molecule has 3 rings (SSSR count). The number of amides is 1. The van der Waals surface area contributed by atoms with E-state index in [4.69, 9.17) is 0 Å². The number of anilines is 1. The van der Waals surface area contributed by atoms with Gasteiger partial charge < -0.3 is 5.32 Å². The van der Waals surface area contributed by atoms with Crippen LogP contribution in [0.2, 0.25) is 0 Å². The molecule has 1 N–H and O–H groups in total. The van der Waals surface area contributed by atoms with Crippen LogP contribution in [-0.4, -0.2) is 44.6 Å². The van der Waals surface area contributed by atoms with Gasteiger partial charge in [0.05, 0.1) is 11.9 Å². The number of likely N-dealkylation sites (tertiary alicyclic amines) is 1. The lowest BCUT2D eigenvalue weighted by Crippen LogP contribution is -2.47. The lowest BCUT2D eigenvalue weighted by Gasteiger charge is -2.28. The molecule has 0 radical (unpaired) electrons. The average molecular weight is 448 g/mol. The molecule has 1 fully saturated rings. The smallest absolute Gasteiger partial charge is 0.243 e. The Labute approximate surface area is 184 Å². The predicted octanol–water partition coefficient (Wildman–Crippen LogP) is 3.28. The maximum Gasteiger partial charge on any atom is 0.243 e. The van der Waals surface area contributed by atoms with E-state index >= 15 is 0 Å². The highest BCUT2D eigenvalue weighted by Crippen LogP contribution is 2.22. The zero-order valence-corrected chi connectivity index (χ0v) is 18.9. The molecule has 1 aliphatic rings. The summed E-state index contributed by atoms with van der Waals surface area (Å²) < 4.78 is 39.1. The van der Waals surface area contributed by atoms with Gasteiger partial charge in [0.15, 0.2) is 0 Å². The van der Waals surface area contributed by atoms with Crippen molar-refractivity contribution in [3.63, 3.8) is 0 Å². The second kappa shape index (κ2) is 10.2. The second-order valence-corrected chi connectivity index (χ2v) is 9.95. The van der Waals surface area contributed by atoms with E-state index < -0.39 is 27.8 Å². The first-order valence-electron chi connectivity index (χ1n) is 10.6. The molecule has 1 heterocycles. The molecule has 2 aromatic carbocycles. The van der Waals surface area contributed by atoms with Gasteiger partial charge in [-0.3, -0.25) is 14.0 Å². The summed E-state index contributed by atoms with van der Waals surface area (Å²) in [4.78, 5) is 15.1. The highest BCUT2D eigenvalue weighted by Gasteiger charge is 2.29. The fraction of sp³-hybridized carbons (Fsp3) is 0.435. The molecule has 6 nitrogen and oxygen atoms in total. The SMILES string of the molecule is C[C@@H](C(=O)NCc1ccc(CN2CCCCC2)cc1)N(c1cccc(F)c1)S(C)(=O)=O. The van der Waals surface area contributed by atoms with Crippen LogP contribution >= 0.6 is 0 Å². The summed E-state index contributed by atoms with van der Waals surface area (Å²) in [7, 11) is -3.78. The quantitative estimate of drug-likeness (QED) is 0.674. The lowest BCUT2D eigenvalue weighted by atomic mass is 10.1. The number of halogens is 1. The fourth-order valence-electron chi connectivity index (χ4n) is 3.90. The minimum atomic E-state index is -3.78. The van der Waals surface area contributed by atoms with Crippen LogP contribution in [0.25, 0.3) is 0 Å². The third kappa shape index (κ3) is 6.51. The van der Waals surface area contributed by atoms with E-state index in [1.807, 2.05) is 12.1 Å². The van der Waals surface area contributed by atoms with Gasteiger partial charge in [-0.15, -0.1) is 0 Å². The van der Waals surface area contributed by atoms with Crippen LogP contribution < -0.4 is 9.62 Å². The van der Waals surface area contributed by atoms with Crippen molar-refractivity contribution in [3.8, 4) is 0 Å². The molecule has 1 saturated heterocycles. The number of hydrogen-bond donors (Lipinski definition) is 1. The van der Waals surface area contributed by atoms with Gasteiger partial charge in [-0.1, -0.05) is 36.8 Å². The normalized spacial score (nSPS) is 16.0. The molecule has 0 bridgehead atoms. The first kappa shape index (κ1) is 23.2. The van der Waals surface area contributed by atoms with Crippen LogP contribution in [0.15, 0.2) is 48.5 Å². The summed E-state index contributed by atoms with van der Waals surface area (Å²) in [5.74, 6) is -1.02. The van der Waals surface area contributed by atoms with E-state index in [-0.39, 0.29) is 12.2 Å². The Kier molecular flexibility index (Phi) is 7.67. The number of sulfonamides is 1. The third-order valence-electron chi connectivity index (χ3n) is 5.50. The minimum absolute atomic E-state index is 0.118. The Morgan fingerprint density at radius 2 is 1.74 bits per heavy atom. The maximum absolute atomic E-state index is 13.6. The van der Waals surface area contributed by atoms with Crippen molar-refractivity contribution in [1.29, 1.82) is 0 Å². The van der Waals surface area contributed by atoms with E-state index in [0.29, 0.717) is 0 Å². The summed E-state index contributed by atoms with van der Waals surface area (Å²) in [6, 6.07) is 12.3. The Balaban J connectivity index is 1.60. The van der Waals surface area contributed by atoms with Crippen LogP contribution in [0.5, 0.6) is 0 Å². The van der Waals surface area contributed by atoms with E-state index in [9.17, 15) is 17.6 Å². The Hall–Kier alpha value is -2.45. The van der Waals surface area contributed by atoms with Gasteiger partial charge in [0.2, 0.25) is 15.9 Å². The van der Waals surface area contributed by atoms with E-state index in [1.54, 1.807) is 0 Å². The monoisotopic (exact) mass is 447 g/mol. The summed E-state index contributed by atoms with van der Waals surface area (Å²) in [6.45, 7) is 4.98. The Morgan fingerprint density at radius 3 is 2.35 bits per heavy atom. The van der Waals surface area contributed by atoms with Gasteiger partial charge in [-0.25, -0.2) is 12.8 Å². The first-order valence-corrected chi connectivity index (χ1v) is 12.4. The molecular weight excluding hydrogens is 417 g/mol. The van der Waals surface area contributed by atoms with Crippen LogP contribution in [0, 0.1) is 5.82 Å². The molecule has 1 aliphatic heterocycles. The number of hydrogen-bond acceptors (Lipinski definition) is 4. The molecule has 1 amide bonds. The van der Waals surface area contributed by atoms with E-state index in [1.165, 1.54) is 49.9 Å². The molecular formula is C23H30FN3O3S. The van der Waals surface area contributed by atoms with E-state index in [0.717, 1.165) is 41.8 Å². The standard InChI is InChI=1S/C23H30FN3O3S/c1-18(27(31(2,29)30)22-8-6-7-21(24)15-22)23(28)25-16-19-9-11-20(12-10-19)17-26-13-4-3-5-14-26/h6-12,15,18H,3-5,13-14,16-17H2,1-2H3,(H,25,28)/t18-/m0/s1. The third-order valence-corrected chi connectivity index (χ3v) is 6.74. The van der Waals surface area contributed by atoms with Crippen LogP contribution in [0.4, 0.5) is 10.1 Å². The zero-order chi connectivity index (χ0) is 22.4. The predicted molar refractivity (Wildman–Crippen MR) is 121 cm³/mol. The van der Waals surface area contributed by atoms with Crippen LogP contribution in [0.1, 0.15) is 37.3 Å². The number of nitrogens with zero attached hydrogens (tertiary/aromatic N) is 2. The van der Waals surface area contributed by atoms with Gasteiger partial charge in [0, 0.05) is 13.1 Å². The second-order valence-electron chi connectivity index (χ2n) is 8.09. The molecule has 0 spiro atoms. The Bertz CT molecular complexity index is 989. The zero-order valence-electron chi connectivity index (χ0n) is 18.1. The summed E-state index contributed by atoms with van der Waals surface area (Å²) in [5, 5.41) is 2.79. The van der Waals surface area contributed by atoms with Crippen LogP contribution in [-0.2, 0) is 27.9 Å². The molecule has 0 aromatic heterocycles. The maximum atomic E-state index is 13.6. The fourth-order valence-corrected chi connectivity index (χ4v) is 5.06. The van der Waals surface area contributed by atoms with Gasteiger partial charge in [-0.05, 0) is 62.2 Å². The summed E-state index contributed by atoms with van der Waals surface area (Å²) in [6.07, 6.45) is 4.82. The van der Waals surface area contributed by atoms with Gasteiger partial charge >= 0.3 is 0 Å². The van der Waals surface area contributed by atoms with Crippen molar-refractivity contribution >= 4 is 21.6 Å². The molecule has 168 valence electrons. The summed E-state index contributed by atoms with van der Waals surface area (Å²) >= 11 is 0. The van der Waals surface area contributed by atoms with Crippen molar-refractivity contribution < 1.29 is 17.6 Å². The van der Waals surface area contributed by atoms with Crippen molar-refractivity contribution in [2.24, 2.45) is 0 Å². The van der Waals surface area contributed by atoms with E-state index in [2.05, 4.69) is 22.3 Å². The molecule has 2 aromatic rings. The topological polar surface area (TPSA) is 69.7 Å². The van der Waals surface area contributed by atoms with Gasteiger partial charge in [0.25, 0.3) is 0 Å². The first-order chi connectivity index (χ1) is 14.7. The largest absolute Gasteiger partial charge is 0.350 e. The molecule has 0 unspecified atom stereocenters. The highest BCUT2D eigenvalue weighted by atomic mass is 32.2. The van der Waals surface area contributed by atoms with Crippen LogP contribution in [0.3, 0.4) is 0 Å². The number of rotatable bonds is 8. The van der Waals surface area contributed by atoms with Crippen molar-refractivity contribution in [1.82, 2.24) is 10.2 Å². The van der Waals surface area contributed by atoms with Crippen molar-refractivity contribution in [2.45, 2.75) is 45.3 Å². The number of piperidine rings is 1. The number of benzene rings is 2. The molecule has 8 heteroatoms. The number of carbonyl (C=O) groups is 1. The van der Waals surface area contributed by atoms with Crippen molar-refractivity contribution in [3.05, 3.63) is 65.5 Å². The lowest BCUT2D eigenvalue weighted by molar-refractivity contribution is -0.122. The molecule has 0 aliphatic carbocycles. The van der Waals surface area contributed by atoms with Gasteiger partial charge in [-0.2, -0.15) is 0 Å².